The fourth-order valence-electron chi connectivity index (χ4n) is 1.65. The lowest BCUT2D eigenvalue weighted by atomic mass is 9.77. The van der Waals surface area contributed by atoms with Crippen LogP contribution in [0.25, 0.3) is 0 Å². The van der Waals surface area contributed by atoms with Gasteiger partial charge in [0.15, 0.2) is 0 Å². The summed E-state index contributed by atoms with van der Waals surface area (Å²) in [6.07, 6.45) is 1.67. The number of hydrogen-bond acceptors (Lipinski definition) is 1. The van der Waals surface area contributed by atoms with E-state index >= 15 is 0 Å². The van der Waals surface area contributed by atoms with E-state index in [2.05, 4.69) is 6.07 Å². The number of benzene rings is 1. The molecule has 0 aliphatic rings. The van der Waals surface area contributed by atoms with E-state index in [1.54, 1.807) is 0 Å². The van der Waals surface area contributed by atoms with Gasteiger partial charge in [0.05, 0.1) is 11.5 Å². The van der Waals surface area contributed by atoms with E-state index in [0.717, 1.165) is 18.4 Å². The van der Waals surface area contributed by atoms with Crippen molar-refractivity contribution in [2.24, 2.45) is 0 Å². The number of rotatable bonds is 3. The SMILES string of the molecule is CCC(C#N)(CC)c1ccc(Cl)cc1. The molecule has 1 nitrogen and oxygen atoms in total. The van der Waals surface area contributed by atoms with E-state index < -0.39 is 0 Å². The van der Waals surface area contributed by atoms with E-state index in [4.69, 9.17) is 11.6 Å². The van der Waals surface area contributed by atoms with Gasteiger partial charge in [0.2, 0.25) is 0 Å². The average Bonchev–Trinajstić information content (AvgIpc) is 2.24. The van der Waals surface area contributed by atoms with Gasteiger partial charge in [-0.1, -0.05) is 37.6 Å². The topological polar surface area (TPSA) is 23.8 Å². The lowest BCUT2D eigenvalue weighted by Gasteiger charge is -2.23. The van der Waals surface area contributed by atoms with Gasteiger partial charge in [-0.3, -0.25) is 0 Å². The molecule has 0 bridgehead atoms. The smallest absolute Gasteiger partial charge is 0.0817 e. The summed E-state index contributed by atoms with van der Waals surface area (Å²) in [6, 6.07) is 9.98. The maximum atomic E-state index is 9.22. The molecule has 0 N–H and O–H groups in total. The molecular weight excluding hydrogens is 194 g/mol. The fraction of sp³-hybridized carbons (Fsp3) is 0.417. The molecule has 0 radical (unpaired) electrons. The Balaban J connectivity index is 3.13. The summed E-state index contributed by atoms with van der Waals surface area (Å²) in [4.78, 5) is 0. The minimum absolute atomic E-state index is 0.343. The van der Waals surface area contributed by atoms with Gasteiger partial charge in [0, 0.05) is 5.02 Å². The Kier molecular flexibility index (Phi) is 3.55. The molecule has 0 aliphatic heterocycles. The zero-order valence-electron chi connectivity index (χ0n) is 8.55. The monoisotopic (exact) mass is 207 g/mol. The molecule has 2 heteroatoms. The van der Waals surface area contributed by atoms with Crippen LogP contribution in [0.15, 0.2) is 24.3 Å². The Labute approximate surface area is 90.3 Å². The van der Waals surface area contributed by atoms with E-state index in [9.17, 15) is 5.26 Å². The highest BCUT2D eigenvalue weighted by Gasteiger charge is 2.27. The van der Waals surface area contributed by atoms with Gasteiger partial charge in [0.25, 0.3) is 0 Å². The number of nitriles is 1. The van der Waals surface area contributed by atoms with Crippen molar-refractivity contribution in [3.63, 3.8) is 0 Å². The van der Waals surface area contributed by atoms with E-state index in [1.807, 2.05) is 38.1 Å². The second-order valence-electron chi connectivity index (χ2n) is 3.41. The Bertz CT molecular complexity index is 330. The molecule has 0 amide bonds. The first-order valence-corrected chi connectivity index (χ1v) is 5.23. The molecule has 14 heavy (non-hydrogen) atoms. The Morgan fingerprint density at radius 1 is 1.21 bits per heavy atom. The molecule has 1 rings (SSSR count). The van der Waals surface area contributed by atoms with Crippen LogP contribution in [-0.4, -0.2) is 0 Å². The second-order valence-corrected chi connectivity index (χ2v) is 3.84. The number of nitrogens with zero attached hydrogens (tertiary/aromatic N) is 1. The van der Waals surface area contributed by atoms with Gasteiger partial charge < -0.3 is 0 Å². The first-order valence-electron chi connectivity index (χ1n) is 4.86. The van der Waals surface area contributed by atoms with Crippen molar-refractivity contribution in [1.82, 2.24) is 0 Å². The van der Waals surface area contributed by atoms with Crippen molar-refractivity contribution >= 4 is 11.6 Å². The van der Waals surface area contributed by atoms with Gasteiger partial charge in [-0.25, -0.2) is 0 Å². The predicted octanol–water partition coefficient (Wildman–Crippen LogP) is 3.92. The van der Waals surface area contributed by atoms with Crippen LogP contribution in [0.5, 0.6) is 0 Å². The van der Waals surface area contributed by atoms with Crippen molar-refractivity contribution in [2.45, 2.75) is 32.1 Å². The highest BCUT2D eigenvalue weighted by molar-refractivity contribution is 6.30. The maximum absolute atomic E-state index is 9.22. The number of halogens is 1. The van der Waals surface area contributed by atoms with Crippen molar-refractivity contribution < 1.29 is 0 Å². The predicted molar refractivity (Wildman–Crippen MR) is 59.3 cm³/mol. The molecule has 0 aromatic heterocycles. The summed E-state index contributed by atoms with van der Waals surface area (Å²) in [6.45, 7) is 4.09. The summed E-state index contributed by atoms with van der Waals surface area (Å²) in [7, 11) is 0. The van der Waals surface area contributed by atoms with Gasteiger partial charge in [-0.2, -0.15) is 5.26 Å². The molecule has 0 spiro atoms. The summed E-state index contributed by atoms with van der Waals surface area (Å²) in [5.41, 5.74) is 0.722. The van der Waals surface area contributed by atoms with Crippen LogP contribution in [0.4, 0.5) is 0 Å². The molecular formula is C12H14ClN. The van der Waals surface area contributed by atoms with Gasteiger partial charge in [-0.15, -0.1) is 0 Å². The summed E-state index contributed by atoms with van der Waals surface area (Å²) in [5, 5.41) is 9.93. The van der Waals surface area contributed by atoms with Crippen molar-refractivity contribution in [3.8, 4) is 6.07 Å². The van der Waals surface area contributed by atoms with Crippen molar-refractivity contribution in [2.75, 3.05) is 0 Å². The Hall–Kier alpha value is -1.00. The first-order chi connectivity index (χ1) is 6.68. The van der Waals surface area contributed by atoms with Crippen LogP contribution < -0.4 is 0 Å². The molecule has 0 heterocycles. The second kappa shape index (κ2) is 4.48. The average molecular weight is 208 g/mol. The molecule has 0 aliphatic carbocycles. The summed E-state index contributed by atoms with van der Waals surface area (Å²) >= 11 is 5.81. The van der Waals surface area contributed by atoms with Crippen molar-refractivity contribution in [1.29, 1.82) is 5.26 Å². The standard InChI is InChI=1S/C12H14ClN/c1-3-12(4-2,9-14)10-5-7-11(13)8-6-10/h5-8H,3-4H2,1-2H3. The molecule has 1 aromatic rings. The van der Waals surface area contributed by atoms with E-state index in [0.29, 0.717) is 5.02 Å². The zero-order chi connectivity index (χ0) is 10.6. The lowest BCUT2D eigenvalue weighted by molar-refractivity contribution is 0.511. The third kappa shape index (κ3) is 1.91. The minimum atomic E-state index is -0.343. The molecule has 1 aromatic carbocycles. The van der Waals surface area contributed by atoms with Crippen LogP contribution >= 0.6 is 11.6 Å². The summed E-state index contributed by atoms with van der Waals surface area (Å²) in [5.74, 6) is 0. The third-order valence-corrected chi connectivity index (χ3v) is 3.07. The molecule has 0 saturated carbocycles. The first kappa shape index (κ1) is 11.1. The van der Waals surface area contributed by atoms with E-state index in [-0.39, 0.29) is 5.41 Å². The lowest BCUT2D eigenvalue weighted by Crippen LogP contribution is -2.21. The molecule has 0 atom stereocenters. The van der Waals surface area contributed by atoms with Gasteiger partial charge in [0.1, 0.15) is 0 Å². The molecule has 0 unspecified atom stereocenters. The quantitative estimate of drug-likeness (QED) is 0.737. The van der Waals surface area contributed by atoms with Crippen LogP contribution in [0.2, 0.25) is 5.02 Å². The maximum Gasteiger partial charge on any atom is 0.0817 e. The Morgan fingerprint density at radius 3 is 2.07 bits per heavy atom. The third-order valence-electron chi connectivity index (χ3n) is 2.82. The molecule has 0 fully saturated rings. The zero-order valence-corrected chi connectivity index (χ0v) is 9.30. The largest absolute Gasteiger partial charge is 0.197 e. The fourth-order valence-corrected chi connectivity index (χ4v) is 1.78. The van der Waals surface area contributed by atoms with Crippen molar-refractivity contribution in [3.05, 3.63) is 34.9 Å². The van der Waals surface area contributed by atoms with Crippen LogP contribution in [-0.2, 0) is 5.41 Å². The number of hydrogen-bond donors (Lipinski definition) is 0. The highest BCUT2D eigenvalue weighted by Crippen LogP contribution is 2.31. The van der Waals surface area contributed by atoms with Crippen LogP contribution in [0.1, 0.15) is 32.3 Å². The normalized spacial score (nSPS) is 11.0. The van der Waals surface area contributed by atoms with Crippen LogP contribution in [0, 0.1) is 11.3 Å². The van der Waals surface area contributed by atoms with Gasteiger partial charge in [-0.05, 0) is 30.5 Å². The highest BCUT2D eigenvalue weighted by atomic mass is 35.5. The van der Waals surface area contributed by atoms with Crippen LogP contribution in [0.3, 0.4) is 0 Å². The molecule has 0 saturated heterocycles. The summed E-state index contributed by atoms with van der Waals surface area (Å²) < 4.78 is 0. The van der Waals surface area contributed by atoms with Gasteiger partial charge >= 0.3 is 0 Å². The Morgan fingerprint density at radius 2 is 1.71 bits per heavy atom. The van der Waals surface area contributed by atoms with E-state index in [1.165, 1.54) is 0 Å². The molecule has 74 valence electrons. The minimum Gasteiger partial charge on any atom is -0.197 e.